The zero-order chi connectivity index (χ0) is 12.1. The van der Waals surface area contributed by atoms with Crippen LogP contribution in [0, 0.1) is 0 Å². The standard InChI is InChI=1S/C13H17NO3/c1-2-16-13(15)10-7-8-12(14-9-10)17-11-5-3-4-6-11/h7-9,11H,2-6H2,1H3. The van der Waals surface area contributed by atoms with Crippen molar-refractivity contribution < 1.29 is 14.3 Å². The Hall–Kier alpha value is -1.58. The van der Waals surface area contributed by atoms with Crippen molar-refractivity contribution in [3.8, 4) is 5.88 Å². The van der Waals surface area contributed by atoms with Crippen LogP contribution in [0.4, 0.5) is 0 Å². The highest BCUT2D eigenvalue weighted by molar-refractivity contribution is 5.89. The van der Waals surface area contributed by atoms with E-state index in [1.807, 2.05) is 0 Å². The van der Waals surface area contributed by atoms with Crippen LogP contribution in [0.1, 0.15) is 43.0 Å². The van der Waals surface area contributed by atoms with Crippen molar-refractivity contribution in [3.63, 3.8) is 0 Å². The second-order valence-corrected chi connectivity index (χ2v) is 4.13. The zero-order valence-electron chi connectivity index (χ0n) is 10.0. The molecule has 0 amide bonds. The molecule has 1 aromatic heterocycles. The van der Waals surface area contributed by atoms with E-state index in [0.29, 0.717) is 18.1 Å². The average molecular weight is 235 g/mol. The van der Waals surface area contributed by atoms with Gasteiger partial charge in [0.25, 0.3) is 0 Å². The van der Waals surface area contributed by atoms with Crippen LogP contribution in [0.3, 0.4) is 0 Å². The number of pyridine rings is 1. The number of rotatable bonds is 4. The van der Waals surface area contributed by atoms with E-state index in [0.717, 1.165) is 12.8 Å². The smallest absolute Gasteiger partial charge is 0.339 e. The van der Waals surface area contributed by atoms with Crippen molar-refractivity contribution in [2.75, 3.05) is 6.61 Å². The lowest BCUT2D eigenvalue weighted by Gasteiger charge is -2.11. The molecule has 0 N–H and O–H groups in total. The predicted molar refractivity (Wildman–Crippen MR) is 63.1 cm³/mol. The molecule has 1 fully saturated rings. The highest BCUT2D eigenvalue weighted by atomic mass is 16.5. The van der Waals surface area contributed by atoms with E-state index in [2.05, 4.69) is 4.98 Å². The summed E-state index contributed by atoms with van der Waals surface area (Å²) in [6, 6.07) is 3.42. The Kier molecular flexibility index (Phi) is 3.96. The molecule has 1 aromatic rings. The van der Waals surface area contributed by atoms with Gasteiger partial charge < -0.3 is 9.47 Å². The van der Waals surface area contributed by atoms with E-state index in [9.17, 15) is 4.79 Å². The number of nitrogens with zero attached hydrogens (tertiary/aromatic N) is 1. The monoisotopic (exact) mass is 235 g/mol. The van der Waals surface area contributed by atoms with Crippen molar-refractivity contribution in [2.24, 2.45) is 0 Å². The van der Waals surface area contributed by atoms with Crippen molar-refractivity contribution >= 4 is 5.97 Å². The molecule has 1 aliphatic carbocycles. The van der Waals surface area contributed by atoms with E-state index in [1.165, 1.54) is 19.0 Å². The first-order valence-corrected chi connectivity index (χ1v) is 6.09. The fourth-order valence-electron chi connectivity index (χ4n) is 1.96. The van der Waals surface area contributed by atoms with Crippen LogP contribution in [-0.2, 0) is 4.74 Å². The summed E-state index contributed by atoms with van der Waals surface area (Å²) in [6.07, 6.45) is 6.44. The molecule has 0 aromatic carbocycles. The highest BCUT2D eigenvalue weighted by Crippen LogP contribution is 2.22. The summed E-state index contributed by atoms with van der Waals surface area (Å²) in [5.74, 6) is 0.248. The molecule has 0 unspecified atom stereocenters. The van der Waals surface area contributed by atoms with Crippen LogP contribution < -0.4 is 4.74 Å². The number of carbonyl (C=O) groups is 1. The summed E-state index contributed by atoms with van der Waals surface area (Å²) < 4.78 is 10.6. The lowest BCUT2D eigenvalue weighted by atomic mass is 10.3. The van der Waals surface area contributed by atoms with Crippen LogP contribution >= 0.6 is 0 Å². The Morgan fingerprint density at radius 2 is 2.18 bits per heavy atom. The molecule has 4 nitrogen and oxygen atoms in total. The van der Waals surface area contributed by atoms with Crippen LogP contribution in [0.25, 0.3) is 0 Å². The first-order chi connectivity index (χ1) is 8.29. The number of hydrogen-bond donors (Lipinski definition) is 0. The topological polar surface area (TPSA) is 48.4 Å². The van der Waals surface area contributed by atoms with Gasteiger partial charge in [-0.1, -0.05) is 0 Å². The quantitative estimate of drug-likeness (QED) is 0.752. The van der Waals surface area contributed by atoms with Gasteiger partial charge in [-0.2, -0.15) is 0 Å². The predicted octanol–water partition coefficient (Wildman–Crippen LogP) is 2.58. The Morgan fingerprint density at radius 3 is 2.76 bits per heavy atom. The van der Waals surface area contributed by atoms with E-state index in [-0.39, 0.29) is 12.1 Å². The van der Waals surface area contributed by atoms with E-state index >= 15 is 0 Å². The van der Waals surface area contributed by atoms with Gasteiger partial charge >= 0.3 is 5.97 Å². The van der Waals surface area contributed by atoms with Gasteiger partial charge in [0.15, 0.2) is 0 Å². The molecule has 0 aliphatic heterocycles. The Labute approximate surface area is 101 Å². The summed E-state index contributed by atoms with van der Waals surface area (Å²) in [6.45, 7) is 2.15. The minimum absolute atomic E-state index is 0.288. The SMILES string of the molecule is CCOC(=O)c1ccc(OC2CCCC2)nc1. The first kappa shape index (κ1) is 11.9. The second kappa shape index (κ2) is 5.66. The third-order valence-corrected chi connectivity index (χ3v) is 2.84. The van der Waals surface area contributed by atoms with Gasteiger partial charge in [-0.15, -0.1) is 0 Å². The Bertz CT molecular complexity index is 369. The first-order valence-electron chi connectivity index (χ1n) is 6.09. The molecule has 1 aliphatic rings. The van der Waals surface area contributed by atoms with Gasteiger partial charge in [-0.25, -0.2) is 9.78 Å². The van der Waals surface area contributed by atoms with Crippen LogP contribution in [-0.4, -0.2) is 23.7 Å². The van der Waals surface area contributed by atoms with Gasteiger partial charge in [0.1, 0.15) is 6.10 Å². The Balaban J connectivity index is 1.94. The largest absolute Gasteiger partial charge is 0.474 e. The summed E-state index contributed by atoms with van der Waals surface area (Å²) in [5.41, 5.74) is 0.464. The number of carbonyl (C=O) groups excluding carboxylic acids is 1. The maximum absolute atomic E-state index is 11.4. The second-order valence-electron chi connectivity index (χ2n) is 4.13. The van der Waals surface area contributed by atoms with Crippen molar-refractivity contribution in [3.05, 3.63) is 23.9 Å². The summed E-state index contributed by atoms with van der Waals surface area (Å²) in [5, 5.41) is 0. The molecule has 0 atom stereocenters. The minimum Gasteiger partial charge on any atom is -0.474 e. The normalized spacial score (nSPS) is 15.8. The number of esters is 1. The molecule has 0 spiro atoms. The minimum atomic E-state index is -0.340. The molecule has 1 heterocycles. The Morgan fingerprint density at radius 1 is 1.41 bits per heavy atom. The molecule has 0 bridgehead atoms. The van der Waals surface area contributed by atoms with E-state index in [1.54, 1.807) is 19.1 Å². The molecular weight excluding hydrogens is 218 g/mol. The third kappa shape index (κ3) is 3.19. The van der Waals surface area contributed by atoms with Crippen molar-refractivity contribution in [2.45, 2.75) is 38.7 Å². The van der Waals surface area contributed by atoms with Crippen molar-refractivity contribution in [1.82, 2.24) is 4.98 Å². The highest BCUT2D eigenvalue weighted by Gasteiger charge is 2.17. The molecule has 2 rings (SSSR count). The molecule has 0 radical (unpaired) electrons. The summed E-state index contributed by atoms with van der Waals surface area (Å²) in [7, 11) is 0. The van der Waals surface area contributed by atoms with Crippen LogP contribution in [0.2, 0.25) is 0 Å². The maximum atomic E-state index is 11.4. The van der Waals surface area contributed by atoms with Gasteiger partial charge in [0.05, 0.1) is 12.2 Å². The molecule has 92 valence electrons. The fourth-order valence-corrected chi connectivity index (χ4v) is 1.96. The maximum Gasteiger partial charge on any atom is 0.339 e. The summed E-state index contributed by atoms with van der Waals surface area (Å²) in [4.78, 5) is 15.5. The van der Waals surface area contributed by atoms with Gasteiger partial charge in [0, 0.05) is 12.3 Å². The average Bonchev–Trinajstić information content (AvgIpc) is 2.83. The van der Waals surface area contributed by atoms with Crippen molar-refractivity contribution in [1.29, 1.82) is 0 Å². The third-order valence-electron chi connectivity index (χ3n) is 2.84. The molecule has 4 heteroatoms. The lowest BCUT2D eigenvalue weighted by Crippen LogP contribution is -2.12. The molecular formula is C13H17NO3. The number of aromatic nitrogens is 1. The number of ether oxygens (including phenoxy) is 2. The molecule has 0 saturated heterocycles. The lowest BCUT2D eigenvalue weighted by molar-refractivity contribution is 0.0525. The van der Waals surface area contributed by atoms with Crippen LogP contribution in [0.15, 0.2) is 18.3 Å². The van der Waals surface area contributed by atoms with Gasteiger partial charge in [0.2, 0.25) is 5.88 Å². The fraction of sp³-hybridized carbons (Fsp3) is 0.538. The van der Waals surface area contributed by atoms with E-state index in [4.69, 9.17) is 9.47 Å². The van der Waals surface area contributed by atoms with E-state index < -0.39 is 0 Å². The number of hydrogen-bond acceptors (Lipinski definition) is 4. The van der Waals surface area contributed by atoms with Crippen LogP contribution in [0.5, 0.6) is 5.88 Å². The molecule has 1 saturated carbocycles. The van der Waals surface area contributed by atoms with Gasteiger partial charge in [-0.05, 0) is 38.7 Å². The summed E-state index contributed by atoms with van der Waals surface area (Å²) >= 11 is 0. The van der Waals surface area contributed by atoms with Gasteiger partial charge in [-0.3, -0.25) is 0 Å². The molecule has 17 heavy (non-hydrogen) atoms. The zero-order valence-corrected chi connectivity index (χ0v) is 10.0.